The lowest BCUT2D eigenvalue weighted by Crippen LogP contribution is -2.43. The minimum Gasteiger partial charge on any atom is -0.493 e. The fourth-order valence-corrected chi connectivity index (χ4v) is 3.55. The van der Waals surface area contributed by atoms with Crippen molar-refractivity contribution in [2.45, 2.75) is 12.8 Å². The van der Waals surface area contributed by atoms with E-state index in [9.17, 15) is 14.4 Å². The van der Waals surface area contributed by atoms with Crippen molar-refractivity contribution in [3.05, 3.63) is 61.6 Å². The molecule has 1 aliphatic rings. The topological polar surface area (TPSA) is 124 Å². The smallest absolute Gasteiger partial charge is 0.340 e. The molecule has 30 heavy (non-hydrogen) atoms. The Labute approximate surface area is 172 Å². The number of nitrogens with zero attached hydrogens (tertiary/aromatic N) is 2. The van der Waals surface area contributed by atoms with Crippen LogP contribution in [0, 0.1) is 0 Å². The van der Waals surface area contributed by atoms with Crippen molar-refractivity contribution in [2.24, 2.45) is 19.8 Å². The van der Waals surface area contributed by atoms with Crippen molar-refractivity contribution < 1.29 is 23.7 Å². The molecular weight excluding hydrogens is 394 g/mol. The van der Waals surface area contributed by atoms with E-state index in [2.05, 4.69) is 0 Å². The third-order valence-corrected chi connectivity index (χ3v) is 4.93. The molecule has 1 atom stereocenters. The first kappa shape index (κ1) is 21.0. The molecule has 1 aromatic carbocycles. The Morgan fingerprint density at radius 2 is 1.87 bits per heavy atom. The predicted molar refractivity (Wildman–Crippen MR) is 107 cm³/mol. The van der Waals surface area contributed by atoms with Crippen LogP contribution in [0.15, 0.2) is 39.2 Å². The van der Waals surface area contributed by atoms with Gasteiger partial charge >= 0.3 is 11.7 Å². The van der Waals surface area contributed by atoms with Crippen LogP contribution in [0.4, 0.5) is 0 Å². The van der Waals surface area contributed by atoms with Crippen LogP contribution in [0.2, 0.25) is 0 Å². The SMILES string of the molecule is CCOC(=O)C1=C(N)Oc2c(c(=O)n(C)c(=O)n2C)[C@H]1c1cccc(OC)c1OC. The average molecular weight is 417 g/mol. The quantitative estimate of drug-likeness (QED) is 0.692. The summed E-state index contributed by atoms with van der Waals surface area (Å²) in [5.74, 6) is -1.37. The Hall–Kier alpha value is -3.69. The average Bonchev–Trinajstić information content (AvgIpc) is 2.74. The van der Waals surface area contributed by atoms with Gasteiger partial charge in [-0.3, -0.25) is 13.9 Å². The molecule has 1 aromatic heterocycles. The summed E-state index contributed by atoms with van der Waals surface area (Å²) in [6.07, 6.45) is 0. The second-order valence-electron chi connectivity index (χ2n) is 6.54. The zero-order valence-electron chi connectivity index (χ0n) is 17.3. The maximum atomic E-state index is 13.1. The van der Waals surface area contributed by atoms with Gasteiger partial charge in [-0.05, 0) is 13.0 Å². The number of para-hydroxylation sites is 1. The molecule has 10 nitrogen and oxygen atoms in total. The van der Waals surface area contributed by atoms with E-state index >= 15 is 0 Å². The van der Waals surface area contributed by atoms with E-state index in [1.54, 1.807) is 25.1 Å². The van der Waals surface area contributed by atoms with E-state index in [-0.39, 0.29) is 29.5 Å². The Balaban J connectivity index is 2.45. The Kier molecular flexibility index (Phi) is 5.59. The summed E-state index contributed by atoms with van der Waals surface area (Å²) in [7, 11) is 5.70. The maximum absolute atomic E-state index is 13.1. The van der Waals surface area contributed by atoms with Gasteiger partial charge in [0.25, 0.3) is 5.56 Å². The molecular formula is C20H23N3O7. The van der Waals surface area contributed by atoms with Crippen molar-refractivity contribution in [1.29, 1.82) is 0 Å². The number of benzene rings is 1. The Morgan fingerprint density at radius 3 is 2.47 bits per heavy atom. The van der Waals surface area contributed by atoms with Crippen LogP contribution in [0.5, 0.6) is 17.4 Å². The molecule has 0 unspecified atom stereocenters. The van der Waals surface area contributed by atoms with Crippen LogP contribution in [0.1, 0.15) is 24.0 Å². The molecule has 2 N–H and O–H groups in total. The summed E-state index contributed by atoms with van der Waals surface area (Å²) < 4.78 is 23.7. The third kappa shape index (κ3) is 3.10. The van der Waals surface area contributed by atoms with Crippen molar-refractivity contribution in [3.8, 4) is 17.4 Å². The van der Waals surface area contributed by atoms with Gasteiger partial charge in [-0.25, -0.2) is 9.59 Å². The van der Waals surface area contributed by atoms with Crippen LogP contribution in [0.3, 0.4) is 0 Å². The van der Waals surface area contributed by atoms with Gasteiger partial charge in [-0.2, -0.15) is 0 Å². The van der Waals surface area contributed by atoms with E-state index in [0.29, 0.717) is 17.1 Å². The Morgan fingerprint density at radius 1 is 1.17 bits per heavy atom. The molecule has 0 saturated heterocycles. The van der Waals surface area contributed by atoms with Gasteiger partial charge in [-0.1, -0.05) is 12.1 Å². The number of hydrogen-bond acceptors (Lipinski definition) is 8. The summed E-state index contributed by atoms with van der Waals surface area (Å²) >= 11 is 0. The third-order valence-electron chi connectivity index (χ3n) is 4.93. The molecule has 0 saturated carbocycles. The zero-order valence-corrected chi connectivity index (χ0v) is 17.3. The number of hydrogen-bond donors (Lipinski definition) is 1. The number of carbonyl (C=O) groups excluding carboxylic acids is 1. The van der Waals surface area contributed by atoms with E-state index in [1.807, 2.05) is 0 Å². The van der Waals surface area contributed by atoms with Gasteiger partial charge in [0, 0.05) is 19.7 Å². The lowest BCUT2D eigenvalue weighted by molar-refractivity contribution is -0.139. The summed E-state index contributed by atoms with van der Waals surface area (Å²) in [5, 5.41) is 0. The second kappa shape index (κ2) is 7.97. The first-order valence-corrected chi connectivity index (χ1v) is 9.13. The molecule has 0 spiro atoms. The number of ether oxygens (including phenoxy) is 4. The van der Waals surface area contributed by atoms with Gasteiger partial charge < -0.3 is 24.7 Å². The highest BCUT2D eigenvalue weighted by molar-refractivity contribution is 5.92. The Bertz CT molecular complexity index is 1160. The van der Waals surface area contributed by atoms with Crippen molar-refractivity contribution in [2.75, 3.05) is 20.8 Å². The fourth-order valence-electron chi connectivity index (χ4n) is 3.55. The molecule has 1 aliphatic heterocycles. The summed E-state index contributed by atoms with van der Waals surface area (Å²) in [6.45, 7) is 1.74. The second-order valence-corrected chi connectivity index (χ2v) is 6.54. The molecule has 2 heterocycles. The molecule has 160 valence electrons. The van der Waals surface area contributed by atoms with Crippen molar-refractivity contribution >= 4 is 5.97 Å². The normalized spacial score (nSPS) is 15.3. The highest BCUT2D eigenvalue weighted by atomic mass is 16.5. The van der Waals surface area contributed by atoms with Gasteiger partial charge in [0.2, 0.25) is 11.8 Å². The number of esters is 1. The van der Waals surface area contributed by atoms with Gasteiger partial charge in [0.15, 0.2) is 11.5 Å². The molecule has 0 radical (unpaired) electrons. The summed E-state index contributed by atoms with van der Waals surface area (Å²) in [5.41, 5.74) is 5.29. The first-order chi connectivity index (χ1) is 14.3. The number of methoxy groups -OCH3 is 2. The number of rotatable bonds is 5. The molecule has 0 fully saturated rings. The molecule has 0 bridgehead atoms. The van der Waals surface area contributed by atoms with E-state index in [4.69, 9.17) is 24.7 Å². The lowest BCUT2D eigenvalue weighted by Gasteiger charge is -2.30. The summed E-state index contributed by atoms with van der Waals surface area (Å²) in [4.78, 5) is 38.4. The van der Waals surface area contributed by atoms with Gasteiger partial charge in [0.1, 0.15) is 5.57 Å². The van der Waals surface area contributed by atoms with E-state index in [1.165, 1.54) is 28.3 Å². The van der Waals surface area contributed by atoms with Gasteiger partial charge in [0.05, 0.1) is 32.3 Å². The standard InChI is InChI=1S/C20H23N3O7/c1-6-29-19(25)13-12(10-8-7-9-11(27-4)15(10)28-5)14-17(24)22(2)20(26)23(3)18(14)30-16(13)21/h7-9,12H,6,21H2,1-5H3/t12-/m0/s1. The van der Waals surface area contributed by atoms with Crippen LogP contribution >= 0.6 is 0 Å². The zero-order chi connectivity index (χ0) is 22.2. The van der Waals surface area contributed by atoms with Crippen molar-refractivity contribution in [1.82, 2.24) is 9.13 Å². The van der Waals surface area contributed by atoms with Gasteiger partial charge in [-0.15, -0.1) is 0 Å². The highest BCUT2D eigenvalue weighted by Crippen LogP contribution is 2.45. The fraction of sp³-hybridized carbons (Fsp3) is 0.350. The monoisotopic (exact) mass is 417 g/mol. The molecule has 0 amide bonds. The van der Waals surface area contributed by atoms with Crippen LogP contribution in [0.25, 0.3) is 0 Å². The summed E-state index contributed by atoms with van der Waals surface area (Å²) in [6, 6.07) is 5.05. The van der Waals surface area contributed by atoms with Crippen LogP contribution < -0.4 is 31.2 Å². The predicted octanol–water partition coefficient (Wildman–Crippen LogP) is 0.359. The minimum atomic E-state index is -1.01. The highest BCUT2D eigenvalue weighted by Gasteiger charge is 2.41. The largest absolute Gasteiger partial charge is 0.493 e. The van der Waals surface area contributed by atoms with E-state index in [0.717, 1.165) is 9.13 Å². The van der Waals surface area contributed by atoms with E-state index < -0.39 is 23.1 Å². The van der Waals surface area contributed by atoms with Crippen molar-refractivity contribution in [3.63, 3.8) is 0 Å². The number of aromatic nitrogens is 2. The van der Waals surface area contributed by atoms with Crippen LogP contribution in [-0.4, -0.2) is 35.9 Å². The minimum absolute atomic E-state index is 0.0523. The maximum Gasteiger partial charge on any atom is 0.340 e. The number of carbonyl (C=O) groups is 1. The molecule has 3 rings (SSSR count). The van der Waals surface area contributed by atoms with Crippen LogP contribution in [-0.2, 0) is 23.6 Å². The number of nitrogens with two attached hydrogens (primary N) is 1. The molecule has 2 aromatic rings. The first-order valence-electron chi connectivity index (χ1n) is 9.13. The number of fused-ring (bicyclic) bond motifs is 1. The molecule has 10 heteroatoms. The lowest BCUT2D eigenvalue weighted by atomic mass is 9.83. The molecule has 0 aliphatic carbocycles.